The molecule has 3 heteroatoms. The van der Waals surface area contributed by atoms with E-state index in [4.69, 9.17) is 0 Å². The van der Waals surface area contributed by atoms with Gasteiger partial charge in [-0.3, -0.25) is 0 Å². The molecule has 0 aliphatic carbocycles. The van der Waals surface area contributed by atoms with Gasteiger partial charge < -0.3 is 5.32 Å². The lowest BCUT2D eigenvalue weighted by Gasteiger charge is -2.11. The van der Waals surface area contributed by atoms with Crippen LogP contribution in [0.3, 0.4) is 0 Å². The summed E-state index contributed by atoms with van der Waals surface area (Å²) in [5.41, 5.74) is 2.42. The molecule has 0 bridgehead atoms. The molecule has 1 aromatic carbocycles. The molecule has 0 aromatic heterocycles. The molecule has 0 saturated heterocycles. The van der Waals surface area contributed by atoms with Crippen molar-refractivity contribution in [3.63, 3.8) is 0 Å². The molecule has 0 fully saturated rings. The van der Waals surface area contributed by atoms with Crippen molar-refractivity contribution >= 4 is 40.9 Å². The van der Waals surface area contributed by atoms with Crippen LogP contribution in [-0.4, -0.2) is 7.05 Å². The van der Waals surface area contributed by atoms with Crippen LogP contribution in [0.25, 0.3) is 0 Å². The fraction of sp³-hybridized carbons (Fsp3) is 0.333. The number of hydrogen-bond acceptors (Lipinski definition) is 2. The number of thiol groups is 1. The molecule has 1 N–H and O–H groups in total. The number of anilines is 1. The average molecular weight is 293 g/mol. The highest BCUT2D eigenvalue weighted by molar-refractivity contribution is 14.1. The van der Waals surface area contributed by atoms with Crippen molar-refractivity contribution in [2.75, 3.05) is 12.4 Å². The number of nitrogens with one attached hydrogen (secondary N) is 1. The summed E-state index contributed by atoms with van der Waals surface area (Å²) >= 11 is 6.71. The molecule has 1 nitrogen and oxygen atoms in total. The highest BCUT2D eigenvalue weighted by atomic mass is 127. The van der Waals surface area contributed by atoms with Crippen LogP contribution < -0.4 is 5.32 Å². The third-order valence-corrected chi connectivity index (χ3v) is 2.68. The predicted octanol–water partition coefficient (Wildman–Crippen LogP) is 3.32. The van der Waals surface area contributed by atoms with Gasteiger partial charge in [0.05, 0.1) is 0 Å². The van der Waals surface area contributed by atoms with Crippen molar-refractivity contribution < 1.29 is 0 Å². The molecule has 1 aromatic rings. The molecule has 0 radical (unpaired) electrons. The van der Waals surface area contributed by atoms with Crippen molar-refractivity contribution in [3.05, 3.63) is 27.3 Å². The average Bonchev–Trinajstić information content (AvgIpc) is 2.03. The first-order valence-corrected chi connectivity index (χ1v) is 5.40. The van der Waals surface area contributed by atoms with Crippen molar-refractivity contribution in [2.24, 2.45) is 0 Å². The number of halogens is 1. The largest absolute Gasteiger partial charge is 0.388 e. The Kier molecular flexibility index (Phi) is 3.71. The highest BCUT2D eigenvalue weighted by Crippen LogP contribution is 2.27. The van der Waals surface area contributed by atoms with Crippen molar-refractivity contribution in [1.82, 2.24) is 0 Å². The van der Waals surface area contributed by atoms with E-state index in [0.29, 0.717) is 0 Å². The summed E-state index contributed by atoms with van der Waals surface area (Å²) in [5.74, 6) is 0. The Hall–Kier alpha value is 0.1000. The SMILES string of the molecule is CNc1cc(I)ccc1C(C)S. The van der Waals surface area contributed by atoms with Gasteiger partial charge in [-0.1, -0.05) is 6.07 Å². The topological polar surface area (TPSA) is 12.0 Å². The molecule has 0 heterocycles. The van der Waals surface area contributed by atoms with Crippen LogP contribution in [0.15, 0.2) is 18.2 Å². The second kappa shape index (κ2) is 4.37. The number of rotatable bonds is 2. The van der Waals surface area contributed by atoms with Crippen molar-refractivity contribution in [1.29, 1.82) is 0 Å². The second-order valence-electron chi connectivity index (χ2n) is 2.66. The normalized spacial score (nSPS) is 12.7. The zero-order valence-corrected chi connectivity index (χ0v) is 10.2. The van der Waals surface area contributed by atoms with Gasteiger partial charge in [-0.15, -0.1) is 0 Å². The van der Waals surface area contributed by atoms with Crippen LogP contribution in [-0.2, 0) is 0 Å². The minimum absolute atomic E-state index is 0.282. The Morgan fingerprint density at radius 1 is 1.50 bits per heavy atom. The molecule has 66 valence electrons. The first-order chi connectivity index (χ1) is 5.65. The molecule has 0 aliphatic rings. The number of benzene rings is 1. The first-order valence-electron chi connectivity index (χ1n) is 3.80. The third kappa shape index (κ3) is 2.29. The van der Waals surface area contributed by atoms with Crippen LogP contribution in [0, 0.1) is 3.57 Å². The Bertz CT molecular complexity index is 273. The summed E-state index contributed by atoms with van der Waals surface area (Å²) in [4.78, 5) is 0. The molecule has 1 rings (SSSR count). The third-order valence-electron chi connectivity index (χ3n) is 1.73. The van der Waals surface area contributed by atoms with E-state index >= 15 is 0 Å². The number of hydrogen-bond donors (Lipinski definition) is 2. The summed E-state index contributed by atoms with van der Waals surface area (Å²) in [6.45, 7) is 2.08. The first kappa shape index (κ1) is 10.2. The zero-order chi connectivity index (χ0) is 9.14. The fourth-order valence-electron chi connectivity index (χ4n) is 1.11. The standard InChI is InChI=1S/C9H12INS/c1-6(12)8-4-3-7(10)5-9(8)11-2/h3-6,11-12H,1-2H3. The van der Waals surface area contributed by atoms with Crippen molar-refractivity contribution in [3.8, 4) is 0 Å². The Balaban J connectivity index is 3.11. The lowest BCUT2D eigenvalue weighted by molar-refractivity contribution is 1.11. The van der Waals surface area contributed by atoms with E-state index in [9.17, 15) is 0 Å². The monoisotopic (exact) mass is 293 g/mol. The maximum atomic E-state index is 4.40. The minimum Gasteiger partial charge on any atom is -0.388 e. The molecule has 12 heavy (non-hydrogen) atoms. The molecule has 0 aliphatic heterocycles. The zero-order valence-electron chi connectivity index (χ0n) is 7.13. The van der Waals surface area contributed by atoms with Gasteiger partial charge in [0.15, 0.2) is 0 Å². The van der Waals surface area contributed by atoms with Crippen LogP contribution in [0.5, 0.6) is 0 Å². The van der Waals surface area contributed by atoms with Gasteiger partial charge >= 0.3 is 0 Å². The van der Waals surface area contributed by atoms with E-state index in [1.807, 2.05) is 7.05 Å². The van der Waals surface area contributed by atoms with Gasteiger partial charge in [-0.05, 0) is 47.2 Å². The lowest BCUT2D eigenvalue weighted by atomic mass is 10.1. The van der Waals surface area contributed by atoms with Crippen LogP contribution >= 0.6 is 35.2 Å². The smallest absolute Gasteiger partial charge is 0.0391 e. The highest BCUT2D eigenvalue weighted by Gasteiger charge is 2.05. The molecule has 0 amide bonds. The maximum Gasteiger partial charge on any atom is 0.0391 e. The van der Waals surface area contributed by atoms with E-state index < -0.39 is 0 Å². The van der Waals surface area contributed by atoms with Gasteiger partial charge in [0.25, 0.3) is 0 Å². The Morgan fingerprint density at radius 3 is 2.67 bits per heavy atom. The Labute approximate surface area is 92.5 Å². The summed E-state index contributed by atoms with van der Waals surface area (Å²) in [5, 5.41) is 3.45. The van der Waals surface area contributed by atoms with Gasteiger partial charge in [-0.25, -0.2) is 0 Å². The van der Waals surface area contributed by atoms with E-state index in [1.54, 1.807) is 0 Å². The van der Waals surface area contributed by atoms with Gasteiger partial charge in [0.1, 0.15) is 0 Å². The molecule has 0 saturated carbocycles. The second-order valence-corrected chi connectivity index (χ2v) is 4.68. The van der Waals surface area contributed by atoms with Crippen LogP contribution in [0.2, 0.25) is 0 Å². The summed E-state index contributed by atoms with van der Waals surface area (Å²) in [6.07, 6.45) is 0. The molecule has 0 spiro atoms. The molecule has 1 atom stereocenters. The van der Waals surface area contributed by atoms with Gasteiger partial charge in [-0.2, -0.15) is 12.6 Å². The molecule has 1 unspecified atom stereocenters. The quantitative estimate of drug-likeness (QED) is 0.629. The van der Waals surface area contributed by atoms with Gasteiger partial charge in [0.2, 0.25) is 0 Å². The Morgan fingerprint density at radius 2 is 2.17 bits per heavy atom. The predicted molar refractivity (Wildman–Crippen MR) is 66.1 cm³/mol. The molecular weight excluding hydrogens is 281 g/mol. The van der Waals surface area contributed by atoms with Crippen LogP contribution in [0.4, 0.5) is 5.69 Å². The lowest BCUT2D eigenvalue weighted by Crippen LogP contribution is -1.96. The summed E-state index contributed by atoms with van der Waals surface area (Å²) in [7, 11) is 1.94. The van der Waals surface area contributed by atoms with E-state index in [-0.39, 0.29) is 5.25 Å². The summed E-state index contributed by atoms with van der Waals surface area (Å²) in [6, 6.07) is 6.34. The molecular formula is C9H12INS. The fourth-order valence-corrected chi connectivity index (χ4v) is 1.83. The van der Waals surface area contributed by atoms with Gasteiger partial charge in [0, 0.05) is 21.6 Å². The minimum atomic E-state index is 0.282. The van der Waals surface area contributed by atoms with E-state index in [0.717, 1.165) is 0 Å². The maximum absolute atomic E-state index is 4.40. The van der Waals surface area contributed by atoms with E-state index in [1.165, 1.54) is 14.8 Å². The van der Waals surface area contributed by atoms with Crippen molar-refractivity contribution in [2.45, 2.75) is 12.2 Å². The van der Waals surface area contributed by atoms with Crippen LogP contribution in [0.1, 0.15) is 17.7 Å². The van der Waals surface area contributed by atoms with E-state index in [2.05, 4.69) is 65.7 Å². The summed E-state index contributed by atoms with van der Waals surface area (Å²) < 4.78 is 1.25.